The molecule has 5 N–H and O–H groups in total. The Balaban J connectivity index is 0.00000261. The van der Waals surface area contributed by atoms with Crippen molar-refractivity contribution in [3.05, 3.63) is 47.5 Å². The Morgan fingerprint density at radius 1 is 1.07 bits per heavy atom. The van der Waals surface area contributed by atoms with Gasteiger partial charge in [-0.05, 0) is 37.1 Å². The van der Waals surface area contributed by atoms with Crippen LogP contribution in [0, 0.1) is 13.8 Å². The first-order valence-electron chi connectivity index (χ1n) is 9.07. The van der Waals surface area contributed by atoms with Crippen LogP contribution in [0.2, 0.25) is 0 Å². The van der Waals surface area contributed by atoms with E-state index in [1.54, 1.807) is 0 Å². The second-order valence-electron chi connectivity index (χ2n) is 6.57. The number of aliphatic hydroxyl groups excluding tert-OH is 1. The summed E-state index contributed by atoms with van der Waals surface area (Å²) < 4.78 is 5.76. The van der Waals surface area contributed by atoms with E-state index in [4.69, 9.17) is 4.74 Å². The highest BCUT2D eigenvalue weighted by Gasteiger charge is 2.15. The molecule has 1 aliphatic heterocycles. The number of aliphatic hydroxyl groups is 1. The minimum atomic E-state index is -0.555. The van der Waals surface area contributed by atoms with E-state index in [0.29, 0.717) is 13.2 Å². The van der Waals surface area contributed by atoms with E-state index >= 15 is 0 Å². The van der Waals surface area contributed by atoms with Crippen molar-refractivity contribution < 1.29 is 9.84 Å². The van der Waals surface area contributed by atoms with Crippen molar-refractivity contribution in [3.63, 3.8) is 0 Å². The quantitative estimate of drug-likeness (QED) is 0.422. The second-order valence-corrected chi connectivity index (χ2v) is 6.57. The molecule has 0 fully saturated rings. The minimum absolute atomic E-state index is 0. The van der Waals surface area contributed by atoms with Gasteiger partial charge in [-0.25, -0.2) is 0 Å². The fourth-order valence-electron chi connectivity index (χ4n) is 3.09. The van der Waals surface area contributed by atoms with Gasteiger partial charge in [0.1, 0.15) is 24.1 Å². The van der Waals surface area contributed by atoms with Crippen molar-refractivity contribution in [2.75, 3.05) is 48.9 Å². The molecule has 0 radical (unpaired) electrons. The first kappa shape index (κ1) is 21.2. The van der Waals surface area contributed by atoms with Crippen LogP contribution in [-0.4, -0.2) is 44.1 Å². The van der Waals surface area contributed by atoms with E-state index in [-0.39, 0.29) is 19.0 Å². The molecule has 1 atom stereocenters. The van der Waals surface area contributed by atoms with Crippen molar-refractivity contribution in [1.82, 2.24) is 5.32 Å². The number of para-hydroxylation sites is 2. The summed E-state index contributed by atoms with van der Waals surface area (Å²) in [6.07, 6.45) is -0.555. The molecule has 0 aromatic heterocycles. The average molecular weight is 393 g/mol. The van der Waals surface area contributed by atoms with Gasteiger partial charge in [0.25, 0.3) is 0 Å². The zero-order chi connectivity index (χ0) is 18.4. The van der Waals surface area contributed by atoms with Gasteiger partial charge in [-0.15, -0.1) is 12.4 Å². The van der Waals surface area contributed by atoms with E-state index in [0.717, 1.165) is 30.2 Å². The summed E-state index contributed by atoms with van der Waals surface area (Å²) in [7, 11) is 0. The Labute approximate surface area is 167 Å². The number of rotatable bonds is 9. The molecule has 27 heavy (non-hydrogen) atoms. The molecular weight excluding hydrogens is 364 g/mol. The van der Waals surface area contributed by atoms with Crippen LogP contribution in [0.4, 0.5) is 17.1 Å². The monoisotopic (exact) mass is 392 g/mol. The maximum atomic E-state index is 10.1. The third-order valence-electron chi connectivity index (χ3n) is 4.47. The van der Waals surface area contributed by atoms with Crippen LogP contribution in [0.15, 0.2) is 36.4 Å². The number of hydrogen-bond acceptors (Lipinski definition) is 6. The van der Waals surface area contributed by atoms with E-state index in [1.807, 2.05) is 18.2 Å². The van der Waals surface area contributed by atoms with Crippen molar-refractivity contribution in [2.45, 2.75) is 20.0 Å². The van der Waals surface area contributed by atoms with Gasteiger partial charge in [-0.2, -0.15) is 0 Å². The molecule has 1 heterocycles. The van der Waals surface area contributed by atoms with Crippen LogP contribution in [0.3, 0.4) is 0 Å². The number of hydrogen-bond donors (Lipinski definition) is 5. The van der Waals surface area contributed by atoms with Crippen LogP contribution in [0.25, 0.3) is 0 Å². The Hall–Kier alpha value is -2.15. The number of benzene rings is 2. The highest BCUT2D eigenvalue weighted by atomic mass is 35.5. The molecule has 1 aliphatic rings. The zero-order valence-electron chi connectivity index (χ0n) is 15.8. The number of ether oxygens (including phenoxy) is 1. The summed E-state index contributed by atoms with van der Waals surface area (Å²) in [5.74, 6) is 0.767. The lowest BCUT2D eigenvalue weighted by Gasteiger charge is -2.16. The topological polar surface area (TPSA) is 77.6 Å². The first-order chi connectivity index (χ1) is 12.6. The molecule has 0 saturated carbocycles. The number of anilines is 3. The number of nitrogens with one attached hydrogen (secondary N) is 4. The van der Waals surface area contributed by atoms with Crippen LogP contribution in [0.5, 0.6) is 5.75 Å². The smallest absolute Gasteiger partial charge is 0.144 e. The predicted molar refractivity (Wildman–Crippen MR) is 115 cm³/mol. The Morgan fingerprint density at radius 2 is 1.81 bits per heavy atom. The molecule has 1 unspecified atom stereocenters. The molecule has 0 spiro atoms. The molecule has 7 heteroatoms. The fraction of sp³-hybridized carbons (Fsp3) is 0.400. The van der Waals surface area contributed by atoms with Crippen LogP contribution >= 0.6 is 12.4 Å². The van der Waals surface area contributed by atoms with Crippen LogP contribution in [0.1, 0.15) is 11.1 Å². The fourth-order valence-corrected chi connectivity index (χ4v) is 3.09. The maximum Gasteiger partial charge on any atom is 0.144 e. The molecular formula is C20H29ClN4O2. The van der Waals surface area contributed by atoms with Gasteiger partial charge in [0, 0.05) is 25.3 Å². The molecule has 148 valence electrons. The summed E-state index contributed by atoms with van der Waals surface area (Å²) in [6.45, 7) is 7.25. The first-order valence-corrected chi connectivity index (χ1v) is 9.07. The number of fused-ring (bicyclic) bond motifs is 1. The minimum Gasteiger partial charge on any atom is -0.489 e. The summed E-state index contributed by atoms with van der Waals surface area (Å²) >= 11 is 0. The van der Waals surface area contributed by atoms with Gasteiger partial charge >= 0.3 is 0 Å². The SMILES string of the molecule is Cc1cccc(C)c1NCCNCC(O)COc1cccc2c1NCN2.Cl. The third-order valence-corrected chi connectivity index (χ3v) is 4.47. The molecule has 2 aromatic carbocycles. The lowest BCUT2D eigenvalue weighted by atomic mass is 10.1. The van der Waals surface area contributed by atoms with Crippen molar-refractivity contribution >= 4 is 29.5 Å². The molecule has 0 amide bonds. The zero-order valence-corrected chi connectivity index (χ0v) is 16.7. The van der Waals surface area contributed by atoms with Gasteiger partial charge in [-0.3, -0.25) is 0 Å². The van der Waals surface area contributed by atoms with Gasteiger partial charge in [-0.1, -0.05) is 24.3 Å². The van der Waals surface area contributed by atoms with E-state index in [1.165, 1.54) is 16.8 Å². The molecule has 0 saturated heterocycles. The van der Waals surface area contributed by atoms with Gasteiger partial charge in [0.15, 0.2) is 0 Å². The highest BCUT2D eigenvalue weighted by Crippen LogP contribution is 2.35. The Morgan fingerprint density at radius 3 is 2.59 bits per heavy atom. The lowest BCUT2D eigenvalue weighted by molar-refractivity contribution is 0.107. The Bertz CT molecular complexity index is 722. The normalized spacial score (nSPS) is 13.0. The van der Waals surface area contributed by atoms with E-state index < -0.39 is 6.10 Å². The van der Waals surface area contributed by atoms with Crippen molar-refractivity contribution in [3.8, 4) is 5.75 Å². The van der Waals surface area contributed by atoms with Crippen molar-refractivity contribution in [1.29, 1.82) is 0 Å². The van der Waals surface area contributed by atoms with Gasteiger partial charge in [0.2, 0.25) is 0 Å². The largest absolute Gasteiger partial charge is 0.489 e. The lowest BCUT2D eigenvalue weighted by Crippen LogP contribution is -2.34. The third kappa shape index (κ3) is 5.66. The highest BCUT2D eigenvalue weighted by molar-refractivity contribution is 5.85. The summed E-state index contributed by atoms with van der Waals surface area (Å²) in [5, 5.41) is 23.3. The van der Waals surface area contributed by atoms with Gasteiger partial charge < -0.3 is 31.1 Å². The van der Waals surface area contributed by atoms with Gasteiger partial charge in [0.05, 0.1) is 12.4 Å². The standard InChI is InChI=1S/C20H28N4O2.ClH/c1-14-5-3-6-15(2)19(14)22-10-9-21-11-16(25)12-26-18-8-4-7-17-20(18)24-13-23-17;/h3-8,16,21-25H,9-13H2,1-2H3;1H. The van der Waals surface area contributed by atoms with Crippen LogP contribution in [-0.2, 0) is 0 Å². The predicted octanol–water partition coefficient (Wildman–Crippen LogP) is 2.96. The molecule has 3 rings (SSSR count). The summed E-state index contributed by atoms with van der Waals surface area (Å²) in [4.78, 5) is 0. The number of aryl methyl sites for hydroxylation is 2. The molecule has 0 bridgehead atoms. The van der Waals surface area contributed by atoms with E-state index in [9.17, 15) is 5.11 Å². The van der Waals surface area contributed by atoms with Crippen molar-refractivity contribution in [2.24, 2.45) is 0 Å². The maximum absolute atomic E-state index is 10.1. The summed E-state index contributed by atoms with van der Waals surface area (Å²) in [6, 6.07) is 12.1. The molecule has 0 aliphatic carbocycles. The van der Waals surface area contributed by atoms with Crippen LogP contribution < -0.4 is 26.0 Å². The summed E-state index contributed by atoms with van der Waals surface area (Å²) in [5.41, 5.74) is 5.68. The average Bonchev–Trinajstić information content (AvgIpc) is 3.11. The second kappa shape index (κ2) is 10.3. The molecule has 6 nitrogen and oxygen atoms in total. The Kier molecular flexibility index (Phi) is 8.03. The number of halogens is 1. The molecule has 2 aromatic rings. The van der Waals surface area contributed by atoms with E-state index in [2.05, 4.69) is 53.3 Å².